The van der Waals surface area contributed by atoms with Crippen LogP contribution < -0.4 is 5.32 Å². The van der Waals surface area contributed by atoms with Crippen LogP contribution in [-0.2, 0) is 4.79 Å². The SMILES string of the molecule is Cc1cccc2c(NC(=O)/C=C/c3ccco3)ccnc12. The van der Waals surface area contributed by atoms with Gasteiger partial charge in [-0.05, 0) is 36.8 Å². The molecule has 0 radical (unpaired) electrons. The van der Waals surface area contributed by atoms with Gasteiger partial charge in [-0.25, -0.2) is 0 Å². The van der Waals surface area contributed by atoms with Crippen LogP contribution in [-0.4, -0.2) is 10.9 Å². The molecular weight excluding hydrogens is 264 g/mol. The third kappa shape index (κ3) is 2.84. The molecule has 4 heteroatoms. The van der Waals surface area contributed by atoms with Crippen LogP contribution in [0.5, 0.6) is 0 Å². The number of nitrogens with one attached hydrogen (secondary N) is 1. The summed E-state index contributed by atoms with van der Waals surface area (Å²) in [5, 5.41) is 3.80. The van der Waals surface area contributed by atoms with Crippen molar-refractivity contribution in [2.24, 2.45) is 0 Å². The van der Waals surface area contributed by atoms with Crippen molar-refractivity contribution in [3.05, 3.63) is 66.3 Å². The third-order valence-electron chi connectivity index (χ3n) is 3.17. The maximum absolute atomic E-state index is 12.0. The number of hydrogen-bond donors (Lipinski definition) is 1. The lowest BCUT2D eigenvalue weighted by molar-refractivity contribution is -0.111. The molecule has 0 unspecified atom stereocenters. The van der Waals surface area contributed by atoms with E-state index in [1.807, 2.05) is 25.1 Å². The summed E-state index contributed by atoms with van der Waals surface area (Å²) in [6.07, 6.45) is 6.34. The minimum Gasteiger partial charge on any atom is -0.465 e. The number of aromatic nitrogens is 1. The van der Waals surface area contributed by atoms with Gasteiger partial charge in [0, 0.05) is 17.7 Å². The average Bonchev–Trinajstić information content (AvgIpc) is 3.00. The second kappa shape index (κ2) is 5.63. The fraction of sp³-hybridized carbons (Fsp3) is 0.0588. The Kier molecular flexibility index (Phi) is 3.51. The van der Waals surface area contributed by atoms with Crippen molar-refractivity contribution in [1.82, 2.24) is 4.98 Å². The molecule has 4 nitrogen and oxygen atoms in total. The molecule has 1 aromatic carbocycles. The van der Waals surface area contributed by atoms with E-state index in [0.29, 0.717) is 5.76 Å². The predicted octanol–water partition coefficient (Wildman–Crippen LogP) is 3.79. The van der Waals surface area contributed by atoms with Crippen LogP contribution in [0.3, 0.4) is 0 Å². The second-order valence-electron chi connectivity index (χ2n) is 4.67. The normalized spacial score (nSPS) is 11.1. The number of amides is 1. The number of nitrogens with zero attached hydrogens (tertiary/aromatic N) is 1. The van der Waals surface area contributed by atoms with E-state index in [2.05, 4.69) is 10.3 Å². The van der Waals surface area contributed by atoms with E-state index >= 15 is 0 Å². The lowest BCUT2D eigenvalue weighted by Gasteiger charge is -2.07. The van der Waals surface area contributed by atoms with Gasteiger partial charge < -0.3 is 9.73 Å². The zero-order valence-corrected chi connectivity index (χ0v) is 11.5. The van der Waals surface area contributed by atoms with E-state index in [-0.39, 0.29) is 5.91 Å². The number of carbonyl (C=O) groups excluding carboxylic acids is 1. The number of rotatable bonds is 3. The number of benzene rings is 1. The molecule has 21 heavy (non-hydrogen) atoms. The zero-order chi connectivity index (χ0) is 14.7. The highest BCUT2D eigenvalue weighted by atomic mass is 16.3. The number of hydrogen-bond acceptors (Lipinski definition) is 3. The highest BCUT2D eigenvalue weighted by Crippen LogP contribution is 2.23. The Hall–Kier alpha value is -2.88. The van der Waals surface area contributed by atoms with Crippen LogP contribution in [0.4, 0.5) is 5.69 Å². The Morgan fingerprint density at radius 3 is 2.95 bits per heavy atom. The van der Waals surface area contributed by atoms with Gasteiger partial charge in [-0.15, -0.1) is 0 Å². The summed E-state index contributed by atoms with van der Waals surface area (Å²) < 4.78 is 5.14. The van der Waals surface area contributed by atoms with Crippen molar-refractivity contribution in [3.63, 3.8) is 0 Å². The van der Waals surface area contributed by atoms with Crippen molar-refractivity contribution in [3.8, 4) is 0 Å². The molecule has 1 N–H and O–H groups in total. The van der Waals surface area contributed by atoms with E-state index in [4.69, 9.17) is 4.42 Å². The summed E-state index contributed by atoms with van der Waals surface area (Å²) in [7, 11) is 0. The molecule has 0 bridgehead atoms. The summed E-state index contributed by atoms with van der Waals surface area (Å²) in [5.41, 5.74) is 2.72. The number of pyridine rings is 1. The Bertz CT molecular complexity index is 805. The van der Waals surface area contributed by atoms with E-state index in [1.165, 1.54) is 6.08 Å². The Morgan fingerprint density at radius 2 is 2.14 bits per heavy atom. The van der Waals surface area contributed by atoms with E-state index in [1.54, 1.807) is 36.7 Å². The van der Waals surface area contributed by atoms with Gasteiger partial charge in [-0.2, -0.15) is 0 Å². The van der Waals surface area contributed by atoms with Crippen molar-refractivity contribution in [2.75, 3.05) is 5.32 Å². The summed E-state index contributed by atoms with van der Waals surface area (Å²) in [6.45, 7) is 2.00. The largest absolute Gasteiger partial charge is 0.465 e. The molecule has 0 aliphatic heterocycles. The first kappa shape index (κ1) is 13.1. The van der Waals surface area contributed by atoms with Gasteiger partial charge in [0.25, 0.3) is 0 Å². The summed E-state index contributed by atoms with van der Waals surface area (Å²) in [5.74, 6) is 0.431. The summed E-state index contributed by atoms with van der Waals surface area (Å²) in [4.78, 5) is 16.3. The predicted molar refractivity (Wildman–Crippen MR) is 82.9 cm³/mol. The van der Waals surface area contributed by atoms with Crippen LogP contribution in [0.25, 0.3) is 17.0 Å². The molecule has 0 spiro atoms. The standard InChI is InChI=1S/C17H14N2O2/c1-12-4-2-6-14-15(9-10-18-17(12)14)19-16(20)8-7-13-5-3-11-21-13/h2-11H,1H3,(H,18,19,20)/b8-7+. The maximum atomic E-state index is 12.0. The van der Waals surface area contributed by atoms with Gasteiger partial charge in [0.05, 0.1) is 17.5 Å². The number of fused-ring (bicyclic) bond motifs is 1. The fourth-order valence-corrected chi connectivity index (χ4v) is 2.15. The molecule has 0 saturated heterocycles. The summed E-state index contributed by atoms with van der Waals surface area (Å²) in [6, 6.07) is 11.2. The molecule has 104 valence electrons. The van der Waals surface area contributed by atoms with Crippen molar-refractivity contribution >= 4 is 28.6 Å². The molecule has 3 aromatic rings. The van der Waals surface area contributed by atoms with E-state index in [0.717, 1.165) is 22.2 Å². The molecule has 2 aromatic heterocycles. The van der Waals surface area contributed by atoms with Crippen LogP contribution in [0, 0.1) is 6.92 Å². The maximum Gasteiger partial charge on any atom is 0.248 e. The minimum atomic E-state index is -0.208. The number of para-hydroxylation sites is 1. The first-order chi connectivity index (χ1) is 10.2. The Labute approximate surface area is 122 Å². The smallest absolute Gasteiger partial charge is 0.248 e. The lowest BCUT2D eigenvalue weighted by Crippen LogP contribution is -2.08. The molecular formula is C17H14N2O2. The van der Waals surface area contributed by atoms with Crippen LogP contribution >= 0.6 is 0 Å². The molecule has 1 amide bonds. The molecule has 0 fully saturated rings. The topological polar surface area (TPSA) is 55.1 Å². The first-order valence-corrected chi connectivity index (χ1v) is 6.61. The van der Waals surface area contributed by atoms with Gasteiger partial charge >= 0.3 is 0 Å². The number of carbonyl (C=O) groups is 1. The minimum absolute atomic E-state index is 0.208. The lowest BCUT2D eigenvalue weighted by atomic mass is 10.1. The number of furan rings is 1. The highest BCUT2D eigenvalue weighted by molar-refractivity contribution is 6.07. The second-order valence-corrected chi connectivity index (χ2v) is 4.67. The number of aryl methyl sites for hydroxylation is 1. The van der Waals surface area contributed by atoms with E-state index in [9.17, 15) is 4.79 Å². The Balaban J connectivity index is 1.85. The number of anilines is 1. The quantitative estimate of drug-likeness (QED) is 0.742. The summed E-state index contributed by atoms with van der Waals surface area (Å²) >= 11 is 0. The monoisotopic (exact) mass is 278 g/mol. The molecule has 3 rings (SSSR count). The van der Waals surface area contributed by atoms with Crippen molar-refractivity contribution in [2.45, 2.75) is 6.92 Å². The Morgan fingerprint density at radius 1 is 1.24 bits per heavy atom. The van der Waals surface area contributed by atoms with Crippen LogP contribution in [0.2, 0.25) is 0 Å². The highest BCUT2D eigenvalue weighted by Gasteiger charge is 2.05. The van der Waals surface area contributed by atoms with Crippen molar-refractivity contribution in [1.29, 1.82) is 0 Å². The zero-order valence-electron chi connectivity index (χ0n) is 11.5. The molecule has 2 heterocycles. The van der Waals surface area contributed by atoms with Crippen molar-refractivity contribution < 1.29 is 9.21 Å². The molecule has 0 aliphatic carbocycles. The average molecular weight is 278 g/mol. The van der Waals surface area contributed by atoms with E-state index < -0.39 is 0 Å². The van der Waals surface area contributed by atoms with Gasteiger partial charge in [0.2, 0.25) is 5.91 Å². The van der Waals surface area contributed by atoms with Gasteiger partial charge in [-0.3, -0.25) is 9.78 Å². The van der Waals surface area contributed by atoms with Crippen LogP contribution in [0.15, 0.2) is 59.4 Å². The van der Waals surface area contributed by atoms with Crippen LogP contribution in [0.1, 0.15) is 11.3 Å². The molecule has 0 saturated carbocycles. The molecule has 0 aliphatic rings. The molecule has 0 atom stereocenters. The van der Waals surface area contributed by atoms with Gasteiger partial charge in [0.15, 0.2) is 0 Å². The first-order valence-electron chi connectivity index (χ1n) is 6.61. The third-order valence-corrected chi connectivity index (χ3v) is 3.17. The fourth-order valence-electron chi connectivity index (χ4n) is 2.15. The van der Waals surface area contributed by atoms with Gasteiger partial charge in [0.1, 0.15) is 5.76 Å². The van der Waals surface area contributed by atoms with Gasteiger partial charge in [-0.1, -0.05) is 18.2 Å².